The maximum Gasteiger partial charge on any atom is 0.416 e. The Kier molecular flexibility index (Phi) is 4.07. The molecule has 0 aliphatic carbocycles. The second-order valence-electron chi connectivity index (χ2n) is 4.27. The molecule has 0 aliphatic heterocycles. The van der Waals surface area contributed by atoms with Crippen molar-refractivity contribution >= 4 is 17.9 Å². The minimum atomic E-state index is -4.44. The lowest BCUT2D eigenvalue weighted by molar-refractivity contribution is -0.137. The summed E-state index contributed by atoms with van der Waals surface area (Å²) < 4.78 is 37.3. The predicted molar refractivity (Wildman–Crippen MR) is 71.2 cm³/mol. The smallest absolute Gasteiger partial charge is 0.322 e. The molecule has 0 spiro atoms. The number of anilines is 1. The van der Waals surface area contributed by atoms with Crippen LogP contribution < -0.4 is 5.32 Å². The average Bonchev–Trinajstić information content (AvgIpc) is 2.46. The lowest BCUT2D eigenvalue weighted by atomic mass is 10.1. The van der Waals surface area contributed by atoms with E-state index in [4.69, 9.17) is 0 Å². The van der Waals surface area contributed by atoms with E-state index in [0.29, 0.717) is 17.5 Å². The van der Waals surface area contributed by atoms with Crippen LogP contribution in [0.4, 0.5) is 18.9 Å². The van der Waals surface area contributed by atoms with Gasteiger partial charge in [-0.05, 0) is 36.4 Å². The third-order valence-corrected chi connectivity index (χ3v) is 2.75. The van der Waals surface area contributed by atoms with Crippen molar-refractivity contribution in [2.24, 2.45) is 0 Å². The topological polar surface area (TPSA) is 46.2 Å². The summed E-state index contributed by atoms with van der Waals surface area (Å²) in [7, 11) is 0. The van der Waals surface area contributed by atoms with Crippen LogP contribution in [0.1, 0.15) is 26.3 Å². The standard InChI is InChI=1S/C15H10F3NO2/c16-15(17,18)12-6-4-11(5-7-12)14(21)19-13-3-1-2-10(8-13)9-20/h1-9H,(H,19,21). The molecule has 0 unspecified atom stereocenters. The summed E-state index contributed by atoms with van der Waals surface area (Å²) in [4.78, 5) is 22.5. The number of rotatable bonds is 3. The average molecular weight is 293 g/mol. The molecule has 0 heterocycles. The lowest BCUT2D eigenvalue weighted by Crippen LogP contribution is -2.13. The molecule has 6 heteroatoms. The second kappa shape index (κ2) is 5.78. The summed E-state index contributed by atoms with van der Waals surface area (Å²) in [6.45, 7) is 0. The Bertz CT molecular complexity index is 663. The predicted octanol–water partition coefficient (Wildman–Crippen LogP) is 3.77. The molecule has 0 aliphatic rings. The van der Waals surface area contributed by atoms with E-state index >= 15 is 0 Å². The third-order valence-electron chi connectivity index (χ3n) is 2.75. The van der Waals surface area contributed by atoms with Gasteiger partial charge >= 0.3 is 6.18 Å². The minimum absolute atomic E-state index is 0.0968. The number of hydrogen-bond donors (Lipinski definition) is 1. The van der Waals surface area contributed by atoms with Crippen molar-refractivity contribution in [2.75, 3.05) is 5.32 Å². The summed E-state index contributed by atoms with van der Waals surface area (Å²) in [5.41, 5.74) is 0.0613. The van der Waals surface area contributed by atoms with Crippen LogP contribution in [0.25, 0.3) is 0 Å². The van der Waals surface area contributed by atoms with E-state index < -0.39 is 17.6 Å². The third kappa shape index (κ3) is 3.68. The van der Waals surface area contributed by atoms with Crippen molar-refractivity contribution in [3.63, 3.8) is 0 Å². The lowest BCUT2D eigenvalue weighted by Gasteiger charge is -2.08. The number of halogens is 3. The number of carbonyl (C=O) groups excluding carboxylic acids is 2. The minimum Gasteiger partial charge on any atom is -0.322 e. The Balaban J connectivity index is 2.15. The maximum atomic E-state index is 12.4. The molecule has 0 fully saturated rings. The van der Waals surface area contributed by atoms with Crippen LogP contribution in [0.5, 0.6) is 0 Å². The zero-order valence-electron chi connectivity index (χ0n) is 10.6. The van der Waals surface area contributed by atoms with Crippen LogP contribution in [0.15, 0.2) is 48.5 Å². The Morgan fingerprint density at radius 2 is 1.71 bits per heavy atom. The van der Waals surface area contributed by atoms with Crippen LogP contribution >= 0.6 is 0 Å². The Morgan fingerprint density at radius 1 is 1.05 bits per heavy atom. The number of alkyl halides is 3. The number of carbonyl (C=O) groups is 2. The van der Waals surface area contributed by atoms with Crippen LogP contribution in [0.3, 0.4) is 0 Å². The largest absolute Gasteiger partial charge is 0.416 e. The van der Waals surface area contributed by atoms with Gasteiger partial charge in [0.15, 0.2) is 0 Å². The fraction of sp³-hybridized carbons (Fsp3) is 0.0667. The molecule has 0 saturated carbocycles. The van der Waals surface area contributed by atoms with Crippen molar-refractivity contribution in [2.45, 2.75) is 6.18 Å². The zero-order valence-corrected chi connectivity index (χ0v) is 10.6. The number of amides is 1. The molecule has 0 atom stereocenters. The van der Waals surface area contributed by atoms with E-state index in [1.54, 1.807) is 18.2 Å². The highest BCUT2D eigenvalue weighted by Gasteiger charge is 2.30. The van der Waals surface area contributed by atoms with Gasteiger partial charge in [0, 0.05) is 16.8 Å². The van der Waals surface area contributed by atoms with E-state index in [9.17, 15) is 22.8 Å². The molecule has 0 bridgehead atoms. The van der Waals surface area contributed by atoms with Gasteiger partial charge in [-0.25, -0.2) is 0 Å². The molecule has 1 N–H and O–H groups in total. The van der Waals surface area contributed by atoms with Crippen LogP contribution in [0, 0.1) is 0 Å². The maximum absolute atomic E-state index is 12.4. The van der Waals surface area contributed by atoms with Gasteiger partial charge in [-0.2, -0.15) is 13.2 Å². The normalized spacial score (nSPS) is 11.0. The van der Waals surface area contributed by atoms with Gasteiger partial charge in [0.05, 0.1) is 5.56 Å². The molecule has 2 aromatic rings. The molecule has 2 aromatic carbocycles. The molecular weight excluding hydrogens is 283 g/mol. The van der Waals surface area contributed by atoms with Crippen LogP contribution in [-0.4, -0.2) is 12.2 Å². The molecule has 1 amide bonds. The van der Waals surface area contributed by atoms with Crippen molar-refractivity contribution in [3.05, 3.63) is 65.2 Å². The Morgan fingerprint density at radius 3 is 2.29 bits per heavy atom. The van der Waals surface area contributed by atoms with Crippen LogP contribution in [-0.2, 0) is 6.18 Å². The van der Waals surface area contributed by atoms with Crippen molar-refractivity contribution in [3.8, 4) is 0 Å². The summed E-state index contributed by atoms with van der Waals surface area (Å²) in [6.07, 6.45) is -3.80. The molecule has 0 radical (unpaired) electrons. The number of benzene rings is 2. The van der Waals surface area contributed by atoms with Gasteiger partial charge in [0.25, 0.3) is 5.91 Å². The molecule has 0 aromatic heterocycles. The summed E-state index contributed by atoms with van der Waals surface area (Å²) in [6, 6.07) is 10.1. The first-order valence-corrected chi connectivity index (χ1v) is 5.94. The van der Waals surface area contributed by atoms with Gasteiger partial charge in [0.1, 0.15) is 6.29 Å². The molecule has 0 saturated heterocycles. The van der Waals surface area contributed by atoms with Gasteiger partial charge in [-0.3, -0.25) is 9.59 Å². The quantitative estimate of drug-likeness (QED) is 0.876. The van der Waals surface area contributed by atoms with Crippen molar-refractivity contribution in [1.82, 2.24) is 0 Å². The summed E-state index contributed by atoms with van der Waals surface area (Å²) in [5.74, 6) is -0.549. The number of aldehydes is 1. The van der Waals surface area contributed by atoms with Gasteiger partial charge in [-0.15, -0.1) is 0 Å². The summed E-state index contributed by atoms with van der Waals surface area (Å²) in [5, 5.41) is 2.51. The SMILES string of the molecule is O=Cc1cccc(NC(=O)c2ccc(C(F)(F)F)cc2)c1. The number of nitrogens with one attached hydrogen (secondary N) is 1. The van der Waals surface area contributed by atoms with Gasteiger partial charge in [-0.1, -0.05) is 12.1 Å². The highest BCUT2D eigenvalue weighted by Crippen LogP contribution is 2.29. The molecule has 2 rings (SSSR count). The fourth-order valence-electron chi connectivity index (χ4n) is 1.70. The summed E-state index contributed by atoms with van der Waals surface area (Å²) >= 11 is 0. The van der Waals surface area contributed by atoms with Crippen molar-refractivity contribution < 1.29 is 22.8 Å². The first-order chi connectivity index (χ1) is 9.90. The Labute approximate surface area is 118 Å². The Hall–Kier alpha value is -2.63. The van der Waals surface area contributed by atoms with Crippen molar-refractivity contribution in [1.29, 1.82) is 0 Å². The first-order valence-electron chi connectivity index (χ1n) is 5.94. The zero-order chi connectivity index (χ0) is 15.5. The first kappa shape index (κ1) is 14.8. The molecule has 21 heavy (non-hydrogen) atoms. The van der Waals surface area contributed by atoms with E-state index in [1.165, 1.54) is 6.07 Å². The van der Waals surface area contributed by atoms with Gasteiger partial charge in [0.2, 0.25) is 0 Å². The highest BCUT2D eigenvalue weighted by atomic mass is 19.4. The monoisotopic (exact) mass is 293 g/mol. The van der Waals surface area contributed by atoms with E-state index in [0.717, 1.165) is 24.3 Å². The molecule has 108 valence electrons. The highest BCUT2D eigenvalue weighted by molar-refractivity contribution is 6.04. The fourth-order valence-corrected chi connectivity index (χ4v) is 1.70. The van der Waals surface area contributed by atoms with Gasteiger partial charge < -0.3 is 5.32 Å². The molecule has 3 nitrogen and oxygen atoms in total. The number of hydrogen-bond acceptors (Lipinski definition) is 2. The van der Waals surface area contributed by atoms with Crippen LogP contribution in [0.2, 0.25) is 0 Å². The van der Waals surface area contributed by atoms with E-state index in [1.807, 2.05) is 0 Å². The van der Waals surface area contributed by atoms with E-state index in [2.05, 4.69) is 5.32 Å². The van der Waals surface area contributed by atoms with E-state index in [-0.39, 0.29) is 5.56 Å². The second-order valence-corrected chi connectivity index (χ2v) is 4.27. The molecular formula is C15H10F3NO2.